The Morgan fingerprint density at radius 2 is 1.94 bits per heavy atom. The number of anilines is 1. The number of aryl methyl sites for hydroxylation is 2. The summed E-state index contributed by atoms with van der Waals surface area (Å²) in [6, 6.07) is 0. The fourth-order valence-corrected chi connectivity index (χ4v) is 1.79. The van der Waals surface area contributed by atoms with Gasteiger partial charge in [0.15, 0.2) is 5.75 Å². The van der Waals surface area contributed by atoms with E-state index in [9.17, 15) is 0 Å². The molecule has 2 aromatic heterocycles. The molecular weight excluding hydrogens is 230 g/mol. The van der Waals surface area contributed by atoms with Gasteiger partial charge in [0.25, 0.3) is 0 Å². The first-order valence-electron chi connectivity index (χ1n) is 5.72. The van der Waals surface area contributed by atoms with E-state index in [1.54, 1.807) is 4.68 Å². The summed E-state index contributed by atoms with van der Waals surface area (Å²) in [5.74, 6) is 2.06. The van der Waals surface area contributed by atoms with Crippen molar-refractivity contribution < 1.29 is 4.74 Å². The van der Waals surface area contributed by atoms with Gasteiger partial charge in [0, 0.05) is 14.1 Å². The summed E-state index contributed by atoms with van der Waals surface area (Å²) >= 11 is 0. The zero-order valence-corrected chi connectivity index (χ0v) is 11.3. The van der Waals surface area contributed by atoms with Crippen LogP contribution >= 0.6 is 0 Å². The van der Waals surface area contributed by atoms with Crippen molar-refractivity contribution in [2.45, 2.75) is 20.8 Å². The number of hydrogen-bond acceptors (Lipinski definition) is 5. The summed E-state index contributed by atoms with van der Waals surface area (Å²) in [7, 11) is 3.71. The van der Waals surface area contributed by atoms with E-state index in [2.05, 4.69) is 20.4 Å². The van der Waals surface area contributed by atoms with Gasteiger partial charge in [-0.2, -0.15) is 5.10 Å². The van der Waals surface area contributed by atoms with Gasteiger partial charge in [0.05, 0.1) is 11.3 Å². The van der Waals surface area contributed by atoms with Crippen molar-refractivity contribution in [3.63, 3.8) is 0 Å². The molecule has 0 saturated heterocycles. The fourth-order valence-electron chi connectivity index (χ4n) is 1.79. The van der Waals surface area contributed by atoms with Crippen molar-refractivity contribution in [3.8, 4) is 11.6 Å². The lowest BCUT2D eigenvalue weighted by atomic mass is 10.3. The number of rotatable bonds is 3. The molecule has 0 aliphatic carbocycles. The van der Waals surface area contributed by atoms with E-state index < -0.39 is 0 Å². The van der Waals surface area contributed by atoms with Crippen LogP contribution in [-0.2, 0) is 7.05 Å². The lowest BCUT2D eigenvalue weighted by Gasteiger charge is -2.10. The number of nitrogens with zero attached hydrogens (tertiary/aromatic N) is 4. The molecular formula is C12H17N5O. The smallest absolute Gasteiger partial charge is 0.227 e. The van der Waals surface area contributed by atoms with Crippen LogP contribution in [0, 0.1) is 20.8 Å². The molecule has 0 aliphatic heterocycles. The molecule has 0 amide bonds. The van der Waals surface area contributed by atoms with Crippen molar-refractivity contribution in [2.24, 2.45) is 7.05 Å². The van der Waals surface area contributed by atoms with Crippen molar-refractivity contribution in [2.75, 3.05) is 12.4 Å². The summed E-state index contributed by atoms with van der Waals surface area (Å²) in [4.78, 5) is 8.29. The van der Waals surface area contributed by atoms with Crippen molar-refractivity contribution >= 4 is 5.82 Å². The van der Waals surface area contributed by atoms with Crippen LogP contribution in [0.2, 0.25) is 0 Å². The Bertz CT molecular complexity index is 576. The van der Waals surface area contributed by atoms with Gasteiger partial charge in [-0.05, 0) is 20.8 Å². The maximum absolute atomic E-state index is 5.86. The van der Waals surface area contributed by atoms with Crippen LogP contribution in [0.5, 0.6) is 11.6 Å². The van der Waals surface area contributed by atoms with Gasteiger partial charge in [-0.15, -0.1) is 0 Å². The number of ether oxygens (including phenoxy) is 1. The number of nitrogens with one attached hydrogen (secondary N) is 1. The molecule has 2 aromatic rings. The summed E-state index contributed by atoms with van der Waals surface area (Å²) in [5.41, 5.74) is 2.69. The van der Waals surface area contributed by atoms with E-state index in [-0.39, 0.29) is 0 Å². The van der Waals surface area contributed by atoms with Gasteiger partial charge in [0.1, 0.15) is 17.8 Å². The highest BCUT2D eigenvalue weighted by atomic mass is 16.5. The van der Waals surface area contributed by atoms with Crippen molar-refractivity contribution in [1.82, 2.24) is 19.7 Å². The highest BCUT2D eigenvalue weighted by Crippen LogP contribution is 2.30. The first kappa shape index (κ1) is 12.3. The predicted octanol–water partition coefficient (Wildman–Crippen LogP) is 1.97. The Hall–Kier alpha value is -2.11. The maximum Gasteiger partial charge on any atom is 0.227 e. The van der Waals surface area contributed by atoms with Gasteiger partial charge < -0.3 is 10.1 Å². The standard InChI is InChI=1S/C12H17N5O/c1-7-11(13-4)14-6-15-12(7)18-10-8(2)16-17(5)9(10)3/h6H,1-5H3,(H,13,14,15). The topological polar surface area (TPSA) is 64.9 Å². The van der Waals surface area contributed by atoms with E-state index in [0.717, 1.165) is 28.5 Å². The first-order valence-corrected chi connectivity index (χ1v) is 5.72. The average molecular weight is 247 g/mol. The van der Waals surface area contributed by atoms with E-state index in [4.69, 9.17) is 4.74 Å². The van der Waals surface area contributed by atoms with E-state index in [1.165, 1.54) is 6.33 Å². The Kier molecular flexibility index (Phi) is 3.18. The highest BCUT2D eigenvalue weighted by Gasteiger charge is 2.15. The molecule has 1 N–H and O–H groups in total. The van der Waals surface area contributed by atoms with E-state index >= 15 is 0 Å². The number of aromatic nitrogens is 4. The Morgan fingerprint density at radius 3 is 2.50 bits per heavy atom. The predicted molar refractivity (Wildman–Crippen MR) is 69.1 cm³/mol. The third-order valence-electron chi connectivity index (χ3n) is 2.92. The second-order valence-corrected chi connectivity index (χ2v) is 4.13. The molecule has 0 saturated carbocycles. The Labute approximate surface area is 106 Å². The normalized spacial score (nSPS) is 10.5. The van der Waals surface area contributed by atoms with Gasteiger partial charge in [-0.3, -0.25) is 4.68 Å². The highest BCUT2D eigenvalue weighted by molar-refractivity contribution is 5.48. The molecule has 0 fully saturated rings. The minimum absolute atomic E-state index is 0.550. The van der Waals surface area contributed by atoms with Crippen LogP contribution in [0.1, 0.15) is 17.0 Å². The van der Waals surface area contributed by atoms with E-state index in [1.807, 2.05) is 34.9 Å². The fraction of sp³-hybridized carbons (Fsp3) is 0.417. The van der Waals surface area contributed by atoms with Crippen LogP contribution in [0.4, 0.5) is 5.82 Å². The van der Waals surface area contributed by atoms with Crippen LogP contribution in [-0.4, -0.2) is 26.8 Å². The Balaban J connectivity index is 2.40. The molecule has 18 heavy (non-hydrogen) atoms. The maximum atomic E-state index is 5.86. The molecule has 0 bridgehead atoms. The third-order valence-corrected chi connectivity index (χ3v) is 2.92. The molecule has 0 aromatic carbocycles. The molecule has 0 aliphatic rings. The molecule has 0 spiro atoms. The number of hydrogen-bond donors (Lipinski definition) is 1. The largest absolute Gasteiger partial charge is 0.435 e. The van der Waals surface area contributed by atoms with Crippen LogP contribution in [0.15, 0.2) is 6.33 Å². The minimum Gasteiger partial charge on any atom is -0.435 e. The van der Waals surface area contributed by atoms with Gasteiger partial charge >= 0.3 is 0 Å². The SMILES string of the molecule is CNc1ncnc(Oc2c(C)nn(C)c2C)c1C. The summed E-state index contributed by atoms with van der Waals surface area (Å²) in [5, 5.41) is 7.32. The van der Waals surface area contributed by atoms with Gasteiger partial charge in [0.2, 0.25) is 5.88 Å². The van der Waals surface area contributed by atoms with Crippen LogP contribution in [0.25, 0.3) is 0 Å². The van der Waals surface area contributed by atoms with E-state index in [0.29, 0.717) is 5.88 Å². The quantitative estimate of drug-likeness (QED) is 0.898. The molecule has 2 heterocycles. The summed E-state index contributed by atoms with van der Waals surface area (Å²) in [6.45, 7) is 5.80. The van der Waals surface area contributed by atoms with Crippen LogP contribution in [0.3, 0.4) is 0 Å². The lowest BCUT2D eigenvalue weighted by molar-refractivity contribution is 0.450. The lowest BCUT2D eigenvalue weighted by Crippen LogP contribution is -2.00. The van der Waals surface area contributed by atoms with Crippen LogP contribution < -0.4 is 10.1 Å². The Morgan fingerprint density at radius 1 is 1.22 bits per heavy atom. The third kappa shape index (κ3) is 2.01. The monoisotopic (exact) mass is 247 g/mol. The molecule has 2 rings (SSSR count). The molecule has 0 radical (unpaired) electrons. The molecule has 0 unspecified atom stereocenters. The summed E-state index contributed by atoms with van der Waals surface area (Å²) < 4.78 is 7.65. The first-order chi connectivity index (χ1) is 8.54. The second kappa shape index (κ2) is 4.64. The molecule has 96 valence electrons. The zero-order chi connectivity index (χ0) is 13.3. The molecule has 6 nitrogen and oxygen atoms in total. The van der Waals surface area contributed by atoms with Gasteiger partial charge in [-0.1, -0.05) is 0 Å². The average Bonchev–Trinajstić information content (AvgIpc) is 2.58. The molecule has 6 heteroatoms. The van der Waals surface area contributed by atoms with Gasteiger partial charge in [-0.25, -0.2) is 9.97 Å². The van der Waals surface area contributed by atoms with Crippen molar-refractivity contribution in [1.29, 1.82) is 0 Å². The second-order valence-electron chi connectivity index (χ2n) is 4.13. The molecule has 0 atom stereocenters. The summed E-state index contributed by atoms with van der Waals surface area (Å²) in [6.07, 6.45) is 1.48. The van der Waals surface area contributed by atoms with Crippen molar-refractivity contribution in [3.05, 3.63) is 23.3 Å². The minimum atomic E-state index is 0.550. The zero-order valence-electron chi connectivity index (χ0n) is 11.3.